The molecule has 0 aromatic heterocycles. The summed E-state index contributed by atoms with van der Waals surface area (Å²) < 4.78 is 10.8. The molecule has 352 valence electrons. The average Bonchev–Trinajstić information content (AvgIpc) is 4.01. The fourth-order valence-electron chi connectivity index (χ4n) is 10.1. The van der Waals surface area contributed by atoms with Crippen LogP contribution in [0.25, 0.3) is 0 Å². The minimum Gasteiger partial charge on any atom is -0.466 e. The Bertz CT molecular complexity index is 2440. The topological polar surface area (TPSA) is 156 Å². The Morgan fingerprint density at radius 1 is 0.864 bits per heavy atom. The van der Waals surface area contributed by atoms with Crippen LogP contribution in [0.15, 0.2) is 124 Å². The molecular formula is C55H70N4O7. The van der Waals surface area contributed by atoms with Gasteiger partial charge in [0.25, 0.3) is 5.60 Å². The smallest absolute Gasteiger partial charge is 0.351 e. The van der Waals surface area contributed by atoms with Gasteiger partial charge in [0.1, 0.15) is 6.61 Å². The van der Waals surface area contributed by atoms with Crippen molar-refractivity contribution in [2.45, 2.75) is 145 Å². The van der Waals surface area contributed by atoms with Crippen LogP contribution in [0, 0.1) is 29.6 Å². The van der Waals surface area contributed by atoms with E-state index >= 15 is 0 Å². The lowest BCUT2D eigenvalue weighted by Crippen LogP contribution is -2.46. The van der Waals surface area contributed by atoms with E-state index in [9.17, 15) is 24.3 Å². The zero-order chi connectivity index (χ0) is 48.0. The van der Waals surface area contributed by atoms with Crippen LogP contribution < -0.4 is 0 Å². The summed E-state index contributed by atoms with van der Waals surface area (Å²) >= 11 is 0. The highest BCUT2D eigenvalue weighted by atomic mass is 16.5. The summed E-state index contributed by atoms with van der Waals surface area (Å²) in [5.74, 6) is -1.05. The summed E-state index contributed by atoms with van der Waals surface area (Å²) in [7, 11) is 1.12. The third-order valence-corrected chi connectivity index (χ3v) is 14.2. The molecule has 0 spiro atoms. The third kappa shape index (κ3) is 10.3. The molecule has 0 aromatic rings. The van der Waals surface area contributed by atoms with Gasteiger partial charge in [-0.05, 0) is 105 Å². The van der Waals surface area contributed by atoms with Crippen molar-refractivity contribution in [1.82, 2.24) is 0 Å². The van der Waals surface area contributed by atoms with Crippen LogP contribution in [0.1, 0.15) is 139 Å². The molecule has 0 unspecified atom stereocenters. The van der Waals surface area contributed by atoms with Crippen LogP contribution in [0.5, 0.6) is 0 Å². The molecule has 66 heavy (non-hydrogen) atoms. The maximum Gasteiger partial charge on any atom is 0.351 e. The van der Waals surface area contributed by atoms with Gasteiger partial charge in [-0.2, -0.15) is 0 Å². The molecule has 11 heteroatoms. The maximum absolute atomic E-state index is 14.4. The minimum absolute atomic E-state index is 0.0241. The number of methoxy groups -OCH3 is 1. The molecule has 5 heterocycles. The fraction of sp³-hybridized carbons (Fsp3) is 0.527. The molecule has 5 atom stereocenters. The van der Waals surface area contributed by atoms with Crippen LogP contribution in [0.3, 0.4) is 0 Å². The van der Waals surface area contributed by atoms with E-state index in [4.69, 9.17) is 29.4 Å². The van der Waals surface area contributed by atoms with Crippen LogP contribution in [0.2, 0.25) is 0 Å². The molecule has 0 aromatic carbocycles. The molecule has 8 bridgehead atoms. The summed E-state index contributed by atoms with van der Waals surface area (Å²) in [4.78, 5) is 73.9. The largest absolute Gasteiger partial charge is 0.466 e. The summed E-state index contributed by atoms with van der Waals surface area (Å²) in [6.45, 7) is 23.2. The fourth-order valence-corrected chi connectivity index (χ4v) is 10.1. The van der Waals surface area contributed by atoms with Gasteiger partial charge in [-0.3, -0.25) is 19.4 Å². The zero-order valence-electron chi connectivity index (χ0n) is 40.9. The number of aliphatic hydroxyl groups is 1. The zero-order valence-corrected chi connectivity index (χ0v) is 40.9. The van der Waals surface area contributed by atoms with Crippen molar-refractivity contribution in [2.24, 2.45) is 49.6 Å². The van der Waals surface area contributed by atoms with E-state index in [2.05, 4.69) is 41.2 Å². The lowest BCUT2D eigenvalue weighted by molar-refractivity contribution is -0.161. The predicted molar refractivity (Wildman–Crippen MR) is 263 cm³/mol. The molecule has 0 saturated heterocycles. The Balaban J connectivity index is 1.24. The SMILES string of the molecule is C=CC1=C(C)C2=CC3=NC(=C4C5=NC(=CC6=NC(=CC1=N2)C(C=O)=C6CC)C(C)=C5C(=O)[C@]4(O)C(=O)OC)[C@@H](CCC(=O)OCC=C(C)CCC[C@H](C)CCC[C@H](C)CCCC(C)C)[C@@H]3C. The van der Waals surface area contributed by atoms with Gasteiger partial charge in [0.2, 0.25) is 5.78 Å². The van der Waals surface area contributed by atoms with Crippen LogP contribution in [-0.4, -0.2) is 71.3 Å². The Hall–Kier alpha value is -5.42. The predicted octanol–water partition coefficient (Wildman–Crippen LogP) is 10.9. The maximum atomic E-state index is 14.4. The molecule has 1 aliphatic carbocycles. The summed E-state index contributed by atoms with van der Waals surface area (Å²) in [6.07, 6.45) is 21.7. The van der Waals surface area contributed by atoms with E-state index in [0.29, 0.717) is 63.3 Å². The number of hydrogen-bond donors (Lipinski definition) is 1. The van der Waals surface area contributed by atoms with E-state index in [1.54, 1.807) is 25.2 Å². The lowest BCUT2D eigenvalue weighted by Gasteiger charge is -2.24. The monoisotopic (exact) mass is 899 g/mol. The number of aldehydes is 1. The van der Waals surface area contributed by atoms with Gasteiger partial charge in [-0.25, -0.2) is 19.8 Å². The quantitative estimate of drug-likeness (QED) is 0.0520. The second kappa shape index (κ2) is 21.5. The average molecular weight is 899 g/mol. The Kier molecular flexibility index (Phi) is 16.3. The van der Waals surface area contributed by atoms with E-state index in [1.165, 1.54) is 50.5 Å². The second-order valence-corrected chi connectivity index (χ2v) is 19.5. The molecule has 0 amide bonds. The summed E-state index contributed by atoms with van der Waals surface area (Å²) in [5.41, 5.74) is 5.09. The normalized spacial score (nSPS) is 23.5. The number of esters is 2. The first kappa shape index (κ1) is 50.0. The minimum atomic E-state index is -2.74. The molecule has 6 rings (SSSR count). The van der Waals surface area contributed by atoms with Crippen molar-refractivity contribution in [3.63, 3.8) is 0 Å². The molecule has 6 aliphatic rings. The van der Waals surface area contributed by atoms with Gasteiger partial charge < -0.3 is 14.6 Å². The Morgan fingerprint density at radius 2 is 1.50 bits per heavy atom. The highest BCUT2D eigenvalue weighted by Gasteiger charge is 2.62. The molecular weight excluding hydrogens is 829 g/mol. The molecule has 1 N–H and O–H groups in total. The number of aliphatic imine (C=N–C) groups is 4. The summed E-state index contributed by atoms with van der Waals surface area (Å²) in [5, 5.41) is 12.3. The number of ketones is 1. The molecule has 5 aliphatic heterocycles. The van der Waals surface area contributed by atoms with Crippen molar-refractivity contribution in [3.05, 3.63) is 104 Å². The van der Waals surface area contributed by atoms with Crippen LogP contribution in [0.4, 0.5) is 0 Å². The number of hydrogen-bond acceptors (Lipinski definition) is 11. The van der Waals surface area contributed by atoms with Crippen molar-refractivity contribution < 1.29 is 33.8 Å². The number of fused-ring (bicyclic) bond motifs is 4. The molecule has 0 radical (unpaired) electrons. The molecule has 1 fully saturated rings. The number of allylic oxidation sites excluding steroid dienone is 11. The number of carbonyl (C=O) groups is 4. The first-order valence-electron chi connectivity index (χ1n) is 24.1. The van der Waals surface area contributed by atoms with Crippen molar-refractivity contribution in [3.8, 4) is 0 Å². The van der Waals surface area contributed by atoms with E-state index < -0.39 is 29.2 Å². The van der Waals surface area contributed by atoms with Gasteiger partial charge in [0, 0.05) is 35.1 Å². The van der Waals surface area contributed by atoms with Gasteiger partial charge >= 0.3 is 11.9 Å². The van der Waals surface area contributed by atoms with Gasteiger partial charge in [-0.1, -0.05) is 105 Å². The van der Waals surface area contributed by atoms with Gasteiger partial charge in [0.05, 0.1) is 58.2 Å². The standard InChI is InChI=1S/C55H70N4O7/c1-12-38-35(8)42-27-43-36(9)40(23-24-48(61)66-26-25-34(7)22-16-21-33(6)20-15-19-32(5)18-14-17-31(3)4)51(58-43)50-52-49(53(62)55(50,64)54(63)65-11)37(10)44(59-52)28-46-39(13-2)41(30-60)47(57-46)29-45(38)56-42/h12,25,27-33,36,40,64H,1,13-24,26H2,2-11H3/t32-,33-,36+,40+,55+/m1/s1. The van der Waals surface area contributed by atoms with Crippen LogP contribution in [-0.2, 0) is 28.7 Å². The Labute approximate surface area is 391 Å². The van der Waals surface area contributed by atoms with Gasteiger partial charge in [-0.15, -0.1) is 0 Å². The molecule has 1 saturated carbocycles. The van der Waals surface area contributed by atoms with Crippen molar-refractivity contribution >= 4 is 46.9 Å². The van der Waals surface area contributed by atoms with Crippen LogP contribution >= 0.6 is 0 Å². The van der Waals surface area contributed by atoms with Gasteiger partial charge in [0.15, 0.2) is 6.29 Å². The van der Waals surface area contributed by atoms with E-state index in [1.807, 2.05) is 32.9 Å². The number of carbonyl (C=O) groups excluding carboxylic acids is 4. The van der Waals surface area contributed by atoms with E-state index in [0.717, 1.165) is 49.2 Å². The number of nitrogens with zero attached hydrogens (tertiary/aromatic N) is 4. The van der Waals surface area contributed by atoms with Crippen molar-refractivity contribution in [2.75, 3.05) is 13.7 Å². The Morgan fingerprint density at radius 3 is 2.14 bits per heavy atom. The third-order valence-electron chi connectivity index (χ3n) is 14.2. The first-order chi connectivity index (χ1) is 31.5. The molecule has 11 nitrogen and oxygen atoms in total. The number of Topliss-reactive ketones (excluding diaryl/α,β-unsaturated/α-hetero) is 1. The van der Waals surface area contributed by atoms with Crippen molar-refractivity contribution in [1.29, 1.82) is 0 Å². The lowest BCUT2D eigenvalue weighted by atomic mass is 9.82. The highest BCUT2D eigenvalue weighted by molar-refractivity contribution is 6.46. The highest BCUT2D eigenvalue weighted by Crippen LogP contribution is 2.49. The number of rotatable bonds is 21. The van der Waals surface area contributed by atoms with E-state index in [-0.39, 0.29) is 47.9 Å². The number of ether oxygens (including phenoxy) is 2. The summed E-state index contributed by atoms with van der Waals surface area (Å²) in [6, 6.07) is 0. The second-order valence-electron chi connectivity index (χ2n) is 19.5. The first-order valence-corrected chi connectivity index (χ1v) is 24.1.